The first-order valence-electron chi connectivity index (χ1n) is 6.83. The number of rotatable bonds is 3. The fourth-order valence-electron chi connectivity index (χ4n) is 2.74. The van der Waals surface area contributed by atoms with Crippen molar-refractivity contribution in [3.05, 3.63) is 0 Å². The summed E-state index contributed by atoms with van der Waals surface area (Å²) in [7, 11) is 2.08. The van der Waals surface area contributed by atoms with Crippen LogP contribution in [0.5, 0.6) is 0 Å². The number of nitrogens with one attached hydrogen (secondary N) is 1. The van der Waals surface area contributed by atoms with Crippen molar-refractivity contribution in [3.8, 4) is 0 Å². The van der Waals surface area contributed by atoms with Crippen molar-refractivity contribution in [1.29, 1.82) is 0 Å². The monoisotopic (exact) mass is 301 g/mol. The summed E-state index contributed by atoms with van der Waals surface area (Å²) in [6, 6.07) is 0. The van der Waals surface area contributed by atoms with Gasteiger partial charge in [0.05, 0.1) is 15.3 Å². The Morgan fingerprint density at radius 2 is 2.00 bits per heavy atom. The van der Waals surface area contributed by atoms with Crippen LogP contribution in [0.25, 0.3) is 0 Å². The lowest BCUT2D eigenvalue weighted by atomic mass is 9.86. The minimum absolute atomic E-state index is 0.104. The Kier molecular flexibility index (Phi) is 4.42. The molecule has 2 saturated heterocycles. The largest absolute Gasteiger partial charge is 0.391 e. The number of piperidine rings is 1. The average Bonchev–Trinajstić information content (AvgIpc) is 2.80. The van der Waals surface area contributed by atoms with Crippen molar-refractivity contribution in [2.45, 2.75) is 42.9 Å². The van der Waals surface area contributed by atoms with E-state index in [2.05, 4.69) is 17.3 Å². The lowest BCUT2D eigenvalue weighted by Crippen LogP contribution is -2.63. The molecule has 0 bridgehead atoms. The molecule has 2 aliphatic heterocycles. The topological polar surface area (TPSA) is 58.4 Å². The number of hydrogen-bond donors (Lipinski definition) is 2. The number of thiocarbonyl (C=S) groups is 1. The van der Waals surface area contributed by atoms with Gasteiger partial charge in [-0.2, -0.15) is 0 Å². The van der Waals surface area contributed by atoms with Crippen LogP contribution in [-0.4, -0.2) is 52.0 Å². The summed E-state index contributed by atoms with van der Waals surface area (Å²) in [5, 5.41) is 3.18. The molecule has 4 nitrogen and oxygen atoms in total. The van der Waals surface area contributed by atoms with Crippen LogP contribution in [-0.2, 0) is 4.79 Å². The van der Waals surface area contributed by atoms with Crippen LogP contribution < -0.4 is 11.1 Å². The first-order valence-corrected chi connectivity index (χ1v) is 8.22. The van der Waals surface area contributed by atoms with Crippen molar-refractivity contribution in [1.82, 2.24) is 10.2 Å². The van der Waals surface area contributed by atoms with Gasteiger partial charge in [-0.1, -0.05) is 12.2 Å². The van der Waals surface area contributed by atoms with Crippen molar-refractivity contribution in [2.24, 2.45) is 5.73 Å². The van der Waals surface area contributed by atoms with E-state index in [4.69, 9.17) is 18.0 Å². The second-order valence-electron chi connectivity index (χ2n) is 5.89. The summed E-state index contributed by atoms with van der Waals surface area (Å²) in [5.74, 6) is 1.17. The minimum Gasteiger partial charge on any atom is -0.391 e. The van der Waals surface area contributed by atoms with Gasteiger partial charge in [0, 0.05) is 13.1 Å². The minimum atomic E-state index is -0.481. The third-order valence-electron chi connectivity index (χ3n) is 4.36. The van der Waals surface area contributed by atoms with Gasteiger partial charge in [0.1, 0.15) is 0 Å². The van der Waals surface area contributed by atoms with E-state index >= 15 is 0 Å². The smallest absolute Gasteiger partial charge is 0.236 e. The maximum absolute atomic E-state index is 12.6. The predicted molar refractivity (Wildman–Crippen MR) is 84.5 cm³/mol. The highest BCUT2D eigenvalue weighted by molar-refractivity contribution is 8.01. The van der Waals surface area contributed by atoms with Crippen molar-refractivity contribution >= 4 is 34.9 Å². The highest BCUT2D eigenvalue weighted by Crippen LogP contribution is 2.38. The maximum Gasteiger partial charge on any atom is 0.236 e. The second-order valence-corrected chi connectivity index (χ2v) is 7.92. The zero-order valence-corrected chi connectivity index (χ0v) is 13.3. The number of thioether (sulfide) groups is 1. The van der Waals surface area contributed by atoms with E-state index in [-0.39, 0.29) is 10.7 Å². The molecule has 2 fully saturated rings. The van der Waals surface area contributed by atoms with Crippen LogP contribution in [0.2, 0.25) is 0 Å². The van der Waals surface area contributed by atoms with Gasteiger partial charge in [-0.3, -0.25) is 4.79 Å². The van der Waals surface area contributed by atoms with Gasteiger partial charge in [0.2, 0.25) is 5.91 Å². The fourth-order valence-corrected chi connectivity index (χ4v) is 4.21. The van der Waals surface area contributed by atoms with Crippen molar-refractivity contribution < 1.29 is 4.79 Å². The van der Waals surface area contributed by atoms with Crippen LogP contribution in [0.15, 0.2) is 0 Å². The van der Waals surface area contributed by atoms with E-state index in [1.54, 1.807) is 11.8 Å². The molecule has 108 valence electrons. The summed E-state index contributed by atoms with van der Waals surface area (Å²) in [6.07, 6.45) is 3.67. The zero-order valence-electron chi connectivity index (χ0n) is 11.7. The molecule has 1 unspecified atom stereocenters. The van der Waals surface area contributed by atoms with Crippen molar-refractivity contribution in [2.75, 3.05) is 25.9 Å². The van der Waals surface area contributed by atoms with E-state index < -0.39 is 5.54 Å². The molecule has 2 aliphatic rings. The lowest BCUT2D eigenvalue weighted by molar-refractivity contribution is -0.124. The van der Waals surface area contributed by atoms with Crippen LogP contribution in [0, 0.1) is 0 Å². The molecule has 0 spiro atoms. The number of likely N-dealkylation sites (tertiary alicyclic amines) is 1. The average molecular weight is 301 g/mol. The third kappa shape index (κ3) is 3.06. The normalized spacial score (nSPS) is 31.1. The van der Waals surface area contributed by atoms with Crippen LogP contribution in [0.4, 0.5) is 0 Å². The number of nitrogens with zero attached hydrogens (tertiary/aromatic N) is 1. The lowest BCUT2D eigenvalue weighted by Gasteiger charge is -2.42. The Hall–Kier alpha value is -0.330. The number of carbonyl (C=O) groups is 1. The summed E-state index contributed by atoms with van der Waals surface area (Å²) < 4.78 is -0.304. The maximum atomic E-state index is 12.6. The van der Waals surface area contributed by atoms with Gasteiger partial charge < -0.3 is 16.0 Å². The SMILES string of the molecule is CN1CCC(NC(=O)C2(C)CCCS2)(C(N)=S)CC1. The van der Waals surface area contributed by atoms with Gasteiger partial charge in [-0.25, -0.2) is 0 Å². The molecule has 1 amide bonds. The molecule has 3 N–H and O–H groups in total. The molecule has 19 heavy (non-hydrogen) atoms. The summed E-state index contributed by atoms with van der Waals surface area (Å²) in [6.45, 7) is 3.87. The molecular weight excluding hydrogens is 278 g/mol. The number of carbonyl (C=O) groups excluding carboxylic acids is 1. The Balaban J connectivity index is 2.09. The van der Waals surface area contributed by atoms with Crippen LogP contribution in [0.3, 0.4) is 0 Å². The van der Waals surface area contributed by atoms with E-state index in [1.165, 1.54) is 0 Å². The fraction of sp³-hybridized carbons (Fsp3) is 0.846. The van der Waals surface area contributed by atoms with Gasteiger partial charge in [0.15, 0.2) is 0 Å². The summed E-state index contributed by atoms with van der Waals surface area (Å²) in [4.78, 5) is 15.2. The summed E-state index contributed by atoms with van der Waals surface area (Å²) in [5.41, 5.74) is 5.45. The number of nitrogens with two attached hydrogens (primary N) is 1. The molecule has 0 aromatic carbocycles. The van der Waals surface area contributed by atoms with Crippen LogP contribution >= 0.6 is 24.0 Å². The van der Waals surface area contributed by atoms with Gasteiger partial charge in [0.25, 0.3) is 0 Å². The third-order valence-corrected chi connectivity index (χ3v) is 6.27. The zero-order chi connectivity index (χ0) is 14.1. The molecular formula is C13H23N3OS2. The molecule has 1 atom stereocenters. The molecule has 0 radical (unpaired) electrons. The Bertz CT molecular complexity index is 372. The standard InChI is InChI=1S/C13H23N3OS2/c1-12(4-3-9-19-12)11(17)15-13(10(14)18)5-7-16(2)8-6-13/h3-9H2,1-2H3,(H2,14,18)(H,15,17). The Labute approximate surface area is 124 Å². The molecule has 0 aliphatic carbocycles. The molecule has 0 aromatic rings. The van der Waals surface area contributed by atoms with Gasteiger partial charge in [-0.05, 0) is 45.4 Å². The van der Waals surface area contributed by atoms with Crippen LogP contribution in [0.1, 0.15) is 32.6 Å². The first-order chi connectivity index (χ1) is 8.88. The molecule has 6 heteroatoms. The first kappa shape index (κ1) is 15.1. The van der Waals surface area contributed by atoms with E-state index in [0.717, 1.165) is 44.5 Å². The summed E-state index contributed by atoms with van der Waals surface area (Å²) >= 11 is 6.98. The predicted octanol–water partition coefficient (Wildman–Crippen LogP) is 1.14. The molecule has 2 rings (SSSR count). The Morgan fingerprint density at radius 3 is 2.47 bits per heavy atom. The second kappa shape index (κ2) is 5.58. The quantitative estimate of drug-likeness (QED) is 0.766. The van der Waals surface area contributed by atoms with E-state index in [0.29, 0.717) is 4.99 Å². The van der Waals surface area contributed by atoms with Crippen molar-refractivity contribution in [3.63, 3.8) is 0 Å². The Morgan fingerprint density at radius 1 is 1.37 bits per heavy atom. The van der Waals surface area contributed by atoms with E-state index in [9.17, 15) is 4.79 Å². The van der Waals surface area contributed by atoms with E-state index in [1.807, 2.05) is 6.92 Å². The van der Waals surface area contributed by atoms with Gasteiger partial charge in [-0.15, -0.1) is 11.8 Å². The molecule has 2 heterocycles. The highest BCUT2D eigenvalue weighted by atomic mass is 32.2. The number of hydrogen-bond acceptors (Lipinski definition) is 4. The molecule has 0 aromatic heterocycles. The van der Waals surface area contributed by atoms with Gasteiger partial charge >= 0.3 is 0 Å². The molecule has 0 saturated carbocycles. The number of amides is 1. The highest BCUT2D eigenvalue weighted by Gasteiger charge is 2.44.